The Morgan fingerprint density at radius 1 is 1.15 bits per heavy atom. The zero-order valence-corrected chi connectivity index (χ0v) is 19.2. The number of hydrogen-bond acceptors (Lipinski definition) is 8. The van der Waals surface area contributed by atoms with Gasteiger partial charge >= 0.3 is 5.97 Å². The molecule has 10 heteroatoms. The lowest BCUT2D eigenvalue weighted by Crippen LogP contribution is -2.21. The average Bonchev–Trinajstić information content (AvgIpc) is 2.86. The maximum Gasteiger partial charge on any atom is 0.335 e. The zero-order chi connectivity index (χ0) is 24.7. The fourth-order valence-electron chi connectivity index (χ4n) is 3.04. The molecule has 0 fully saturated rings. The molecule has 0 aliphatic rings. The van der Waals surface area contributed by atoms with Gasteiger partial charge in [0.15, 0.2) is 0 Å². The molecule has 0 saturated heterocycles. The van der Waals surface area contributed by atoms with Gasteiger partial charge < -0.3 is 20.1 Å². The van der Waals surface area contributed by atoms with E-state index < -0.39 is 18.7 Å². The van der Waals surface area contributed by atoms with Crippen molar-refractivity contribution in [2.24, 2.45) is 0 Å². The van der Waals surface area contributed by atoms with Gasteiger partial charge in [0.2, 0.25) is 0 Å². The highest BCUT2D eigenvalue weighted by atomic mass is 35.5. The summed E-state index contributed by atoms with van der Waals surface area (Å²) < 4.78 is 5.40. The van der Waals surface area contributed by atoms with Crippen molar-refractivity contribution in [3.05, 3.63) is 75.9 Å². The predicted octanol–water partition coefficient (Wildman–Crippen LogP) is 3.87. The van der Waals surface area contributed by atoms with Crippen LogP contribution < -0.4 is 4.74 Å². The summed E-state index contributed by atoms with van der Waals surface area (Å²) in [6, 6.07) is 17.1. The quantitative estimate of drug-likeness (QED) is 0.297. The maximum absolute atomic E-state index is 11.2. The van der Waals surface area contributed by atoms with E-state index >= 15 is 0 Å². The Kier molecular flexibility index (Phi) is 8.47. The molecule has 0 amide bonds. The van der Waals surface area contributed by atoms with Crippen molar-refractivity contribution >= 4 is 29.3 Å². The second kappa shape index (κ2) is 11.5. The standard InChI is InChI=1S/C24H18ClN3O5S/c25-22-19(9-26)21(15-4-6-18(7-5-15)33-12-17(30)11-29)20(10-27)23(28-22)34-13-14-2-1-3-16(8-14)24(31)32/h1-8,17,29-30H,11-13H2,(H,31,32). The summed E-state index contributed by atoms with van der Waals surface area (Å²) in [5.41, 5.74) is 1.98. The van der Waals surface area contributed by atoms with Crippen molar-refractivity contribution in [2.75, 3.05) is 13.2 Å². The number of nitrogens with zero attached hydrogens (tertiary/aromatic N) is 3. The molecule has 0 bridgehead atoms. The second-order valence-electron chi connectivity index (χ2n) is 7.02. The highest BCUT2D eigenvalue weighted by molar-refractivity contribution is 7.98. The fraction of sp³-hybridized carbons (Fsp3) is 0.167. The number of pyridine rings is 1. The fourth-order valence-corrected chi connectivity index (χ4v) is 4.25. The summed E-state index contributed by atoms with van der Waals surface area (Å²) in [7, 11) is 0. The summed E-state index contributed by atoms with van der Waals surface area (Å²) in [5.74, 6) is -0.268. The van der Waals surface area contributed by atoms with Gasteiger partial charge in [0, 0.05) is 11.3 Å². The lowest BCUT2D eigenvalue weighted by atomic mass is 9.97. The van der Waals surface area contributed by atoms with Crippen LogP contribution in [0.2, 0.25) is 5.15 Å². The first kappa shape index (κ1) is 25.0. The molecule has 0 aliphatic carbocycles. The number of nitriles is 2. The van der Waals surface area contributed by atoms with Gasteiger partial charge in [-0.1, -0.05) is 35.9 Å². The van der Waals surface area contributed by atoms with E-state index in [2.05, 4.69) is 11.1 Å². The van der Waals surface area contributed by atoms with E-state index in [9.17, 15) is 25.5 Å². The van der Waals surface area contributed by atoms with Gasteiger partial charge in [-0.25, -0.2) is 9.78 Å². The van der Waals surface area contributed by atoms with Crippen LogP contribution in [0.5, 0.6) is 5.75 Å². The number of carboxylic acid groups (broad SMARTS) is 1. The van der Waals surface area contributed by atoms with E-state index in [0.717, 1.165) is 5.56 Å². The number of carboxylic acids is 1. The molecule has 8 nitrogen and oxygen atoms in total. The third kappa shape index (κ3) is 5.84. The van der Waals surface area contributed by atoms with Crippen LogP contribution in [0.25, 0.3) is 11.1 Å². The lowest BCUT2D eigenvalue weighted by molar-refractivity contribution is 0.0536. The minimum Gasteiger partial charge on any atom is -0.491 e. The highest BCUT2D eigenvalue weighted by Crippen LogP contribution is 2.37. The molecule has 0 saturated carbocycles. The number of benzene rings is 2. The second-order valence-corrected chi connectivity index (χ2v) is 8.34. The summed E-state index contributed by atoms with van der Waals surface area (Å²) in [6.07, 6.45) is -1.01. The molecule has 3 N–H and O–H groups in total. The van der Waals surface area contributed by atoms with Crippen LogP contribution >= 0.6 is 23.4 Å². The lowest BCUT2D eigenvalue weighted by Gasteiger charge is -2.14. The molecule has 1 unspecified atom stereocenters. The maximum atomic E-state index is 11.2. The highest BCUT2D eigenvalue weighted by Gasteiger charge is 2.21. The predicted molar refractivity (Wildman–Crippen MR) is 126 cm³/mol. The normalized spacial score (nSPS) is 11.3. The van der Waals surface area contributed by atoms with Crippen LogP contribution in [0.4, 0.5) is 0 Å². The molecule has 3 aromatic rings. The molecule has 2 aromatic carbocycles. The van der Waals surface area contributed by atoms with Crippen molar-refractivity contribution in [2.45, 2.75) is 16.9 Å². The molecule has 3 rings (SSSR count). The van der Waals surface area contributed by atoms with Gasteiger partial charge in [0.05, 0.1) is 23.3 Å². The average molecular weight is 496 g/mol. The Morgan fingerprint density at radius 2 is 1.85 bits per heavy atom. The first-order chi connectivity index (χ1) is 16.4. The summed E-state index contributed by atoms with van der Waals surface area (Å²) in [6.45, 7) is -0.514. The third-order valence-corrected chi connectivity index (χ3v) is 6.01. The van der Waals surface area contributed by atoms with Crippen LogP contribution in [0.1, 0.15) is 27.0 Å². The molecular weight excluding hydrogens is 478 g/mol. The van der Waals surface area contributed by atoms with Crippen LogP contribution in [-0.4, -0.2) is 45.6 Å². The van der Waals surface area contributed by atoms with Gasteiger partial charge in [-0.05, 0) is 35.4 Å². The molecule has 1 atom stereocenters. The number of ether oxygens (including phenoxy) is 1. The molecule has 0 radical (unpaired) electrons. The molecule has 172 valence electrons. The number of aromatic nitrogens is 1. The molecule has 34 heavy (non-hydrogen) atoms. The number of hydrogen-bond donors (Lipinski definition) is 3. The van der Waals surface area contributed by atoms with E-state index in [1.165, 1.54) is 17.8 Å². The van der Waals surface area contributed by atoms with Gasteiger partial charge in [0.1, 0.15) is 40.8 Å². The number of aromatic carboxylic acids is 1. The first-order valence-corrected chi connectivity index (χ1v) is 11.2. The number of aliphatic hydroxyl groups excluding tert-OH is 2. The Bertz CT molecular complexity index is 1290. The van der Waals surface area contributed by atoms with Crippen LogP contribution in [0, 0.1) is 22.7 Å². The summed E-state index contributed by atoms with van der Waals surface area (Å²) >= 11 is 7.49. The van der Waals surface area contributed by atoms with E-state index in [1.54, 1.807) is 42.5 Å². The molecule has 0 aliphatic heterocycles. The number of halogens is 1. The smallest absolute Gasteiger partial charge is 0.335 e. The summed E-state index contributed by atoms with van der Waals surface area (Å²) in [4.78, 5) is 15.5. The van der Waals surface area contributed by atoms with Gasteiger partial charge in [0.25, 0.3) is 0 Å². The Labute approximate surface area is 204 Å². The monoisotopic (exact) mass is 495 g/mol. The first-order valence-electron chi connectivity index (χ1n) is 9.88. The Balaban J connectivity index is 1.95. The van der Waals surface area contributed by atoms with Crippen LogP contribution in [0.3, 0.4) is 0 Å². The van der Waals surface area contributed by atoms with Crippen LogP contribution in [0.15, 0.2) is 53.6 Å². The number of thioether (sulfide) groups is 1. The van der Waals surface area contributed by atoms with Crippen molar-refractivity contribution in [3.63, 3.8) is 0 Å². The van der Waals surface area contributed by atoms with Gasteiger partial charge in [-0.3, -0.25) is 0 Å². The van der Waals surface area contributed by atoms with Crippen molar-refractivity contribution in [1.29, 1.82) is 10.5 Å². The summed E-state index contributed by atoms with van der Waals surface area (Å²) in [5, 5.41) is 47.3. The number of carbonyl (C=O) groups is 1. The number of aliphatic hydroxyl groups is 2. The minimum absolute atomic E-state index is 0.0512. The topological polar surface area (TPSA) is 147 Å². The van der Waals surface area contributed by atoms with E-state index in [4.69, 9.17) is 21.4 Å². The Hall–Kier alpha value is -3.60. The van der Waals surface area contributed by atoms with Crippen LogP contribution in [-0.2, 0) is 5.75 Å². The number of rotatable bonds is 9. The van der Waals surface area contributed by atoms with Crippen molar-refractivity contribution in [3.8, 4) is 29.0 Å². The zero-order valence-electron chi connectivity index (χ0n) is 17.6. The Morgan fingerprint density at radius 3 is 2.47 bits per heavy atom. The van der Waals surface area contributed by atoms with E-state index in [-0.39, 0.29) is 28.5 Å². The largest absolute Gasteiger partial charge is 0.491 e. The van der Waals surface area contributed by atoms with Crippen molar-refractivity contribution in [1.82, 2.24) is 4.98 Å². The van der Waals surface area contributed by atoms with Gasteiger partial charge in [-0.15, -0.1) is 11.8 Å². The van der Waals surface area contributed by atoms with Crippen molar-refractivity contribution < 1.29 is 24.9 Å². The van der Waals surface area contributed by atoms with Gasteiger partial charge in [-0.2, -0.15) is 10.5 Å². The van der Waals surface area contributed by atoms with E-state index in [1.807, 2.05) is 6.07 Å². The molecule has 1 heterocycles. The molecular formula is C24H18ClN3O5S. The molecule has 0 spiro atoms. The van der Waals surface area contributed by atoms with E-state index in [0.29, 0.717) is 27.7 Å². The minimum atomic E-state index is -1.04. The third-order valence-electron chi connectivity index (χ3n) is 4.69. The SMILES string of the molecule is N#Cc1c(Cl)nc(SCc2cccc(C(=O)O)c2)c(C#N)c1-c1ccc(OCC(O)CO)cc1. The molecule has 1 aromatic heterocycles.